The zero-order valence-electron chi connectivity index (χ0n) is 24.6. The number of nitrogens with two attached hydrogens (primary N) is 2. The zero-order valence-corrected chi connectivity index (χ0v) is 24.6. The molecule has 0 amide bonds. The highest BCUT2D eigenvalue weighted by molar-refractivity contribution is 6.05. The molecule has 0 saturated carbocycles. The van der Waals surface area contributed by atoms with Crippen molar-refractivity contribution in [3.05, 3.63) is 57.8 Å². The summed E-state index contributed by atoms with van der Waals surface area (Å²) in [6.07, 6.45) is 5.04. The number of alkyl halides is 1. The molecule has 232 valence electrons. The second-order valence-electron chi connectivity index (χ2n) is 11.3. The van der Waals surface area contributed by atoms with Crippen molar-refractivity contribution >= 4 is 33.2 Å². The van der Waals surface area contributed by atoms with Crippen LogP contribution in [0.15, 0.2) is 39.7 Å². The first-order valence-electron chi connectivity index (χ1n) is 14.6. The number of fused-ring (bicyclic) bond motifs is 3. The molecule has 0 bridgehead atoms. The topological polar surface area (TPSA) is 156 Å². The van der Waals surface area contributed by atoms with Crippen molar-refractivity contribution in [1.29, 1.82) is 0 Å². The average Bonchev–Trinajstić information content (AvgIpc) is 3.55. The minimum absolute atomic E-state index is 0.0207. The van der Waals surface area contributed by atoms with E-state index in [1.807, 2.05) is 4.90 Å². The lowest BCUT2D eigenvalue weighted by Crippen LogP contribution is -2.38. The van der Waals surface area contributed by atoms with E-state index in [1.165, 1.54) is 50.4 Å². The van der Waals surface area contributed by atoms with Crippen molar-refractivity contribution in [2.24, 2.45) is 11.6 Å². The highest BCUT2D eigenvalue weighted by Gasteiger charge is 2.34. The highest BCUT2D eigenvalue weighted by Crippen LogP contribution is 2.40. The molecule has 3 aliphatic heterocycles. The van der Waals surface area contributed by atoms with Crippen LogP contribution in [0.2, 0.25) is 0 Å². The van der Waals surface area contributed by atoms with Gasteiger partial charge in [0.1, 0.15) is 28.9 Å². The van der Waals surface area contributed by atoms with Gasteiger partial charge in [-0.2, -0.15) is 9.97 Å². The average molecular weight is 608 g/mol. The van der Waals surface area contributed by atoms with Crippen LogP contribution in [-0.4, -0.2) is 65.5 Å². The third-order valence-corrected chi connectivity index (χ3v) is 8.59. The van der Waals surface area contributed by atoms with Crippen molar-refractivity contribution in [1.82, 2.24) is 20.3 Å². The van der Waals surface area contributed by atoms with Crippen LogP contribution < -0.4 is 32.3 Å². The molecule has 0 spiro atoms. The summed E-state index contributed by atoms with van der Waals surface area (Å²) in [6, 6.07) is 6.31. The number of benzene rings is 2. The molecule has 2 aromatic carbocycles. The Morgan fingerprint density at radius 3 is 2.68 bits per heavy atom. The molecule has 0 radical (unpaired) electrons. The van der Waals surface area contributed by atoms with E-state index in [-0.39, 0.29) is 39.7 Å². The maximum Gasteiger partial charge on any atom is 0.349 e. The van der Waals surface area contributed by atoms with Crippen molar-refractivity contribution < 1.29 is 23.0 Å². The Bertz CT molecular complexity index is 1810. The van der Waals surface area contributed by atoms with Gasteiger partial charge in [-0.05, 0) is 62.7 Å². The predicted molar refractivity (Wildman–Crippen MR) is 164 cm³/mol. The summed E-state index contributed by atoms with van der Waals surface area (Å²) in [4.78, 5) is 26.3. The maximum atomic E-state index is 15.0. The van der Waals surface area contributed by atoms with Gasteiger partial charge in [0, 0.05) is 54.0 Å². The van der Waals surface area contributed by atoms with Gasteiger partial charge in [0.05, 0.1) is 18.3 Å². The number of aryl methyl sites for hydroxylation is 1. The van der Waals surface area contributed by atoms with E-state index in [9.17, 15) is 14.3 Å². The smallest absolute Gasteiger partial charge is 0.349 e. The number of aromatic hydroxyl groups is 1. The summed E-state index contributed by atoms with van der Waals surface area (Å²) < 4.78 is 38.7. The van der Waals surface area contributed by atoms with Crippen LogP contribution in [0.1, 0.15) is 36.8 Å². The molecule has 2 unspecified atom stereocenters. The number of hydrogen-bond donors (Lipinski definition) is 4. The number of hydrogen-bond acceptors (Lipinski definition) is 11. The van der Waals surface area contributed by atoms with Gasteiger partial charge < -0.3 is 30.3 Å². The minimum Gasteiger partial charge on any atom is -0.508 e. The van der Waals surface area contributed by atoms with Crippen LogP contribution in [0.5, 0.6) is 11.8 Å². The SMILES string of the molecule is COc1nc(N2CCC2)c2c(=O)oc(-c3cc(O)cc4ccc(F)c(/C(N)=C/NN)c34)c(C)c2n1.FC1CC2CCCN2C1. The summed E-state index contributed by atoms with van der Waals surface area (Å²) in [7, 11) is 1.45. The number of ether oxygens (including phenoxy) is 1. The lowest BCUT2D eigenvalue weighted by Gasteiger charge is -2.32. The van der Waals surface area contributed by atoms with Crippen molar-refractivity contribution in [3.63, 3.8) is 0 Å². The number of hydrazine groups is 1. The number of anilines is 1. The van der Waals surface area contributed by atoms with E-state index < -0.39 is 17.6 Å². The Labute approximate surface area is 252 Å². The van der Waals surface area contributed by atoms with E-state index in [0.717, 1.165) is 32.5 Å². The number of phenols is 1. The molecule has 5 heterocycles. The number of nitrogens with one attached hydrogen (secondary N) is 1. The van der Waals surface area contributed by atoms with Gasteiger partial charge in [-0.1, -0.05) is 6.07 Å². The normalized spacial score (nSPS) is 19.9. The number of methoxy groups -OCH3 is 1. The fourth-order valence-corrected chi connectivity index (χ4v) is 6.40. The third kappa shape index (κ3) is 5.26. The molecule has 7 rings (SSSR count). The van der Waals surface area contributed by atoms with Crippen molar-refractivity contribution in [2.75, 3.05) is 38.2 Å². The standard InChI is InChI=1S/C24H23FN6O4.C7H12FN/c1-11-20-19(22(31-6-3-7-31)30-24(29-20)34-2)23(33)35-21(11)14-9-13(32)8-12-4-5-15(25)18(17(12)14)16(26)10-28-27;8-6-4-7-2-1-3-9(7)5-6/h4-5,8-10,28,32H,3,6-7,26-27H2,1-2H3;6-7H,1-5H2/b16-10-;. The van der Waals surface area contributed by atoms with Crippen LogP contribution in [0, 0.1) is 12.7 Å². The van der Waals surface area contributed by atoms with Gasteiger partial charge in [0.15, 0.2) is 5.82 Å². The van der Waals surface area contributed by atoms with Crippen LogP contribution in [0.25, 0.3) is 38.7 Å². The molecule has 2 aromatic heterocycles. The predicted octanol–water partition coefficient (Wildman–Crippen LogP) is 3.69. The van der Waals surface area contributed by atoms with E-state index in [0.29, 0.717) is 40.3 Å². The molecule has 44 heavy (non-hydrogen) atoms. The van der Waals surface area contributed by atoms with Gasteiger partial charge in [0.25, 0.3) is 0 Å². The Hall–Kier alpha value is -4.49. The summed E-state index contributed by atoms with van der Waals surface area (Å²) in [5, 5.41) is 11.5. The summed E-state index contributed by atoms with van der Waals surface area (Å²) in [5.41, 5.74) is 8.91. The molecule has 13 heteroatoms. The van der Waals surface area contributed by atoms with Gasteiger partial charge in [-0.15, -0.1) is 0 Å². The zero-order chi connectivity index (χ0) is 31.1. The lowest BCUT2D eigenvalue weighted by atomic mass is 9.93. The summed E-state index contributed by atoms with van der Waals surface area (Å²) >= 11 is 0. The van der Waals surface area contributed by atoms with E-state index >= 15 is 4.39 Å². The van der Waals surface area contributed by atoms with Crippen LogP contribution >= 0.6 is 0 Å². The van der Waals surface area contributed by atoms with E-state index in [4.69, 9.17) is 20.7 Å². The first-order chi connectivity index (χ1) is 21.2. The van der Waals surface area contributed by atoms with Gasteiger partial charge in [-0.25, -0.2) is 13.6 Å². The molecule has 11 nitrogen and oxygen atoms in total. The quantitative estimate of drug-likeness (QED) is 0.194. The molecule has 3 saturated heterocycles. The fraction of sp³-hybridized carbons (Fsp3) is 0.387. The lowest BCUT2D eigenvalue weighted by molar-refractivity contribution is 0.292. The number of halogens is 2. The van der Waals surface area contributed by atoms with Gasteiger partial charge in [-0.3, -0.25) is 10.7 Å². The molecule has 3 aliphatic rings. The van der Waals surface area contributed by atoms with Gasteiger partial charge >= 0.3 is 11.6 Å². The Kier molecular flexibility index (Phi) is 7.99. The fourth-order valence-electron chi connectivity index (χ4n) is 6.40. The van der Waals surface area contributed by atoms with E-state index in [1.54, 1.807) is 6.92 Å². The summed E-state index contributed by atoms with van der Waals surface area (Å²) in [5.74, 6) is 5.20. The molecule has 6 N–H and O–H groups in total. The van der Waals surface area contributed by atoms with Crippen molar-refractivity contribution in [2.45, 2.75) is 44.8 Å². The van der Waals surface area contributed by atoms with Crippen LogP contribution in [0.3, 0.4) is 0 Å². The molecule has 4 aromatic rings. The number of phenolic OH excluding ortho intramolecular Hbond substituents is 1. The Morgan fingerprint density at radius 1 is 1.20 bits per heavy atom. The van der Waals surface area contributed by atoms with Crippen LogP contribution in [-0.2, 0) is 0 Å². The molecule has 2 atom stereocenters. The molecular formula is C31H35F2N7O4. The largest absolute Gasteiger partial charge is 0.508 e. The third-order valence-electron chi connectivity index (χ3n) is 8.59. The minimum atomic E-state index is -0.660. The number of rotatable bonds is 5. The number of nitrogens with zero attached hydrogens (tertiary/aromatic N) is 4. The first kappa shape index (κ1) is 29.6. The molecular weight excluding hydrogens is 572 g/mol. The maximum absolute atomic E-state index is 15.0. The molecule has 0 aliphatic carbocycles. The summed E-state index contributed by atoms with van der Waals surface area (Å²) in [6.45, 7) is 5.07. The van der Waals surface area contributed by atoms with Gasteiger partial charge in [0.2, 0.25) is 0 Å². The molecule has 3 fully saturated rings. The van der Waals surface area contributed by atoms with E-state index in [2.05, 4.69) is 20.3 Å². The Balaban J connectivity index is 0.000000323. The number of aromatic nitrogens is 2. The second kappa shape index (κ2) is 11.9. The first-order valence-corrected chi connectivity index (χ1v) is 14.6. The highest BCUT2D eigenvalue weighted by atomic mass is 19.1. The second-order valence-corrected chi connectivity index (χ2v) is 11.3. The monoisotopic (exact) mass is 607 g/mol. The van der Waals surface area contributed by atoms with Crippen molar-refractivity contribution in [3.8, 4) is 23.1 Å². The Morgan fingerprint density at radius 2 is 2.00 bits per heavy atom. The van der Waals surface area contributed by atoms with Crippen LogP contribution in [0.4, 0.5) is 14.6 Å².